The number of nitriles is 1. The van der Waals surface area contributed by atoms with Crippen molar-refractivity contribution in [1.82, 2.24) is 0 Å². The number of fused-ring (bicyclic) bond motifs is 1. The van der Waals surface area contributed by atoms with Gasteiger partial charge in [0.05, 0.1) is 23.9 Å². The van der Waals surface area contributed by atoms with Crippen molar-refractivity contribution in [1.29, 1.82) is 5.26 Å². The lowest BCUT2D eigenvalue weighted by Crippen LogP contribution is -2.40. The van der Waals surface area contributed by atoms with Crippen LogP contribution < -0.4 is 4.90 Å². The van der Waals surface area contributed by atoms with Crippen molar-refractivity contribution in [3.05, 3.63) is 64.7 Å². The Labute approximate surface area is 158 Å². The third-order valence-corrected chi connectivity index (χ3v) is 4.65. The Morgan fingerprint density at radius 1 is 1.23 bits per heavy atom. The number of rotatable bonds is 4. The van der Waals surface area contributed by atoms with Gasteiger partial charge in [0, 0.05) is 22.7 Å². The second-order valence-electron chi connectivity index (χ2n) is 6.59. The Kier molecular flexibility index (Phi) is 5.39. The number of carbonyl (C=O) groups is 1. The number of halogens is 1. The first-order valence-corrected chi connectivity index (χ1v) is 9.02. The summed E-state index contributed by atoms with van der Waals surface area (Å²) in [5.74, 6) is -0.0414. The van der Waals surface area contributed by atoms with Crippen molar-refractivity contribution in [3.63, 3.8) is 0 Å². The highest BCUT2D eigenvalue weighted by atomic mass is 35.5. The molecule has 26 heavy (non-hydrogen) atoms. The Hall–Kier alpha value is -2.64. The fourth-order valence-electron chi connectivity index (χ4n) is 3.13. The van der Waals surface area contributed by atoms with Crippen LogP contribution in [0.1, 0.15) is 31.4 Å². The third-order valence-electron chi connectivity index (χ3n) is 4.42. The first-order valence-electron chi connectivity index (χ1n) is 8.64. The van der Waals surface area contributed by atoms with Crippen LogP contribution in [0.15, 0.2) is 53.5 Å². The van der Waals surface area contributed by atoms with E-state index in [1.165, 1.54) is 0 Å². The molecule has 0 bridgehead atoms. The monoisotopic (exact) mass is 365 g/mol. The molecule has 132 valence electrons. The summed E-state index contributed by atoms with van der Waals surface area (Å²) in [6, 6.07) is 16.9. The van der Waals surface area contributed by atoms with Gasteiger partial charge in [-0.1, -0.05) is 55.8 Å². The van der Waals surface area contributed by atoms with E-state index >= 15 is 0 Å². The molecule has 5 heteroatoms. The molecule has 1 aliphatic heterocycles. The number of benzodiazepines with no additional fused rings is 1. The maximum absolute atomic E-state index is 13.2. The molecule has 0 saturated carbocycles. The van der Waals surface area contributed by atoms with E-state index in [9.17, 15) is 4.79 Å². The molecule has 1 aliphatic rings. The minimum absolute atomic E-state index is 0.0376. The molecule has 4 nitrogen and oxygen atoms in total. The SMILES string of the molecule is CC(C)C1N=C(c2ccccc2)c2cc(Cl)ccc2N(CCC#N)C1=O. The lowest BCUT2D eigenvalue weighted by molar-refractivity contribution is -0.120. The van der Waals surface area contributed by atoms with Gasteiger partial charge in [0.15, 0.2) is 0 Å². The molecule has 1 amide bonds. The van der Waals surface area contributed by atoms with Crippen molar-refractivity contribution in [2.75, 3.05) is 11.4 Å². The highest BCUT2D eigenvalue weighted by molar-refractivity contribution is 6.32. The highest BCUT2D eigenvalue weighted by Crippen LogP contribution is 2.32. The molecule has 0 N–H and O–H groups in total. The Bertz CT molecular complexity index is 884. The van der Waals surface area contributed by atoms with Gasteiger partial charge in [-0.25, -0.2) is 0 Å². The van der Waals surface area contributed by atoms with Gasteiger partial charge in [-0.05, 0) is 24.1 Å². The summed E-state index contributed by atoms with van der Waals surface area (Å²) in [5.41, 5.74) is 3.27. The van der Waals surface area contributed by atoms with E-state index in [0.29, 0.717) is 11.6 Å². The molecule has 1 heterocycles. The molecule has 0 radical (unpaired) electrons. The summed E-state index contributed by atoms with van der Waals surface area (Å²) in [7, 11) is 0. The van der Waals surface area contributed by atoms with Gasteiger partial charge in [-0.3, -0.25) is 9.79 Å². The maximum Gasteiger partial charge on any atom is 0.252 e. The van der Waals surface area contributed by atoms with Gasteiger partial charge in [-0.2, -0.15) is 5.26 Å². The van der Waals surface area contributed by atoms with E-state index in [-0.39, 0.29) is 18.2 Å². The summed E-state index contributed by atoms with van der Waals surface area (Å²) in [6.45, 7) is 4.31. The number of hydrogen-bond acceptors (Lipinski definition) is 3. The first-order chi connectivity index (χ1) is 12.5. The van der Waals surface area contributed by atoms with E-state index in [2.05, 4.69) is 6.07 Å². The minimum atomic E-state index is -0.505. The second kappa shape index (κ2) is 7.72. The summed E-state index contributed by atoms with van der Waals surface area (Å²) < 4.78 is 0. The standard InChI is InChI=1S/C21H20ClN3O/c1-14(2)19-21(26)25(12-6-11-23)18-10-9-16(22)13-17(18)20(24-19)15-7-4-3-5-8-15/h3-5,7-10,13-14,19H,6,12H2,1-2H3. The van der Waals surface area contributed by atoms with Crippen molar-refractivity contribution >= 4 is 28.9 Å². The summed E-state index contributed by atoms with van der Waals surface area (Å²) >= 11 is 6.26. The number of anilines is 1. The number of amides is 1. The van der Waals surface area contributed by atoms with Gasteiger partial charge in [-0.15, -0.1) is 0 Å². The molecule has 0 spiro atoms. The average Bonchev–Trinajstić information content (AvgIpc) is 2.75. The number of benzene rings is 2. The van der Waals surface area contributed by atoms with E-state index in [1.807, 2.05) is 56.3 Å². The average molecular weight is 366 g/mol. The van der Waals surface area contributed by atoms with Crippen LogP contribution in [0.2, 0.25) is 5.02 Å². The largest absolute Gasteiger partial charge is 0.309 e. The zero-order valence-corrected chi connectivity index (χ0v) is 15.6. The summed E-state index contributed by atoms with van der Waals surface area (Å²) in [6.07, 6.45) is 0.263. The molecule has 0 saturated heterocycles. The molecule has 2 aromatic rings. The van der Waals surface area contributed by atoms with E-state index < -0.39 is 6.04 Å². The molecular formula is C21H20ClN3O. The molecule has 1 unspecified atom stereocenters. The predicted octanol–water partition coefficient (Wildman–Crippen LogP) is 4.46. The lowest BCUT2D eigenvalue weighted by Gasteiger charge is -2.25. The Morgan fingerprint density at radius 3 is 2.62 bits per heavy atom. The van der Waals surface area contributed by atoms with Crippen molar-refractivity contribution in [2.45, 2.75) is 26.3 Å². The molecule has 0 fully saturated rings. The van der Waals surface area contributed by atoms with Gasteiger partial charge in [0.25, 0.3) is 5.91 Å². The van der Waals surface area contributed by atoms with Gasteiger partial charge >= 0.3 is 0 Å². The summed E-state index contributed by atoms with van der Waals surface area (Å²) in [4.78, 5) is 19.7. The van der Waals surface area contributed by atoms with Crippen LogP contribution in [-0.2, 0) is 4.79 Å². The van der Waals surface area contributed by atoms with Gasteiger partial charge < -0.3 is 4.90 Å². The second-order valence-corrected chi connectivity index (χ2v) is 7.03. The number of aliphatic imine (C=N–C) groups is 1. The molecule has 1 atom stereocenters. The van der Waals surface area contributed by atoms with E-state index in [4.69, 9.17) is 21.9 Å². The van der Waals surface area contributed by atoms with Crippen LogP contribution in [0.25, 0.3) is 0 Å². The third kappa shape index (κ3) is 3.49. The van der Waals surface area contributed by atoms with Crippen LogP contribution in [-0.4, -0.2) is 24.2 Å². The Morgan fingerprint density at radius 2 is 1.96 bits per heavy atom. The molecule has 0 aliphatic carbocycles. The van der Waals surface area contributed by atoms with Crippen molar-refractivity contribution < 1.29 is 4.79 Å². The molecular weight excluding hydrogens is 346 g/mol. The smallest absolute Gasteiger partial charge is 0.252 e. The fourth-order valence-corrected chi connectivity index (χ4v) is 3.30. The fraction of sp³-hybridized carbons (Fsp3) is 0.286. The zero-order chi connectivity index (χ0) is 18.7. The van der Waals surface area contributed by atoms with E-state index in [0.717, 1.165) is 22.5 Å². The van der Waals surface area contributed by atoms with Crippen LogP contribution in [0, 0.1) is 17.2 Å². The van der Waals surface area contributed by atoms with Gasteiger partial charge in [0.1, 0.15) is 6.04 Å². The number of nitrogens with zero attached hydrogens (tertiary/aromatic N) is 3. The first kappa shape index (κ1) is 18.2. The van der Waals surface area contributed by atoms with Crippen LogP contribution in [0.5, 0.6) is 0 Å². The quantitative estimate of drug-likeness (QED) is 0.803. The van der Waals surface area contributed by atoms with Gasteiger partial charge in [0.2, 0.25) is 0 Å². The van der Waals surface area contributed by atoms with Crippen molar-refractivity contribution in [3.8, 4) is 6.07 Å². The highest BCUT2D eigenvalue weighted by Gasteiger charge is 2.33. The predicted molar refractivity (Wildman–Crippen MR) is 105 cm³/mol. The van der Waals surface area contributed by atoms with Crippen LogP contribution in [0.3, 0.4) is 0 Å². The summed E-state index contributed by atoms with van der Waals surface area (Å²) in [5, 5.41) is 9.60. The van der Waals surface area contributed by atoms with E-state index in [1.54, 1.807) is 11.0 Å². The number of carbonyl (C=O) groups excluding carboxylic acids is 1. The minimum Gasteiger partial charge on any atom is -0.309 e. The molecule has 0 aromatic heterocycles. The number of hydrogen-bond donors (Lipinski definition) is 0. The normalized spacial score (nSPS) is 16.7. The molecule has 2 aromatic carbocycles. The van der Waals surface area contributed by atoms with Crippen molar-refractivity contribution in [2.24, 2.45) is 10.9 Å². The Balaban J connectivity index is 2.25. The zero-order valence-electron chi connectivity index (χ0n) is 14.8. The van der Waals surface area contributed by atoms with Crippen LogP contribution >= 0.6 is 11.6 Å². The maximum atomic E-state index is 13.2. The molecule has 3 rings (SSSR count). The van der Waals surface area contributed by atoms with Crippen LogP contribution in [0.4, 0.5) is 5.69 Å². The topological polar surface area (TPSA) is 56.5 Å². The lowest BCUT2D eigenvalue weighted by atomic mass is 10.00.